The van der Waals surface area contributed by atoms with Crippen LogP contribution in [-0.4, -0.2) is 0 Å². The van der Waals surface area contributed by atoms with Gasteiger partial charge in [-0.3, -0.25) is 0 Å². The first-order valence-electron chi connectivity index (χ1n) is 7.97. The Hall–Kier alpha value is 0.220. The summed E-state index contributed by atoms with van der Waals surface area (Å²) in [4.78, 5) is 0. The third kappa shape index (κ3) is 11.7. The molecule has 1 aromatic carbocycles. The van der Waals surface area contributed by atoms with Crippen LogP contribution in [0.2, 0.25) is 0 Å². The van der Waals surface area contributed by atoms with E-state index in [4.69, 9.17) is 0 Å². The molecule has 1 aromatic rings. The van der Waals surface area contributed by atoms with Crippen molar-refractivity contribution in [2.45, 2.75) is 77.6 Å². The second-order valence-electron chi connectivity index (χ2n) is 5.42. The number of unbranched alkanes of at least 4 members (excludes halogenated alkanes) is 9. The van der Waals surface area contributed by atoms with Crippen molar-refractivity contribution in [1.82, 2.24) is 0 Å². The predicted molar refractivity (Wildman–Crippen MR) is 82.0 cm³/mol. The Balaban J connectivity index is 0.00000324. The van der Waals surface area contributed by atoms with Gasteiger partial charge in [-0.1, -0.05) is 95.0 Å². The van der Waals surface area contributed by atoms with Gasteiger partial charge < -0.3 is 0 Å². The van der Waals surface area contributed by atoms with Crippen LogP contribution in [0.4, 0.5) is 0 Å². The number of hydrogen-bond donors (Lipinski definition) is 0. The van der Waals surface area contributed by atoms with Gasteiger partial charge in [0, 0.05) is 0 Å². The van der Waals surface area contributed by atoms with Gasteiger partial charge in [-0.25, -0.2) is 0 Å². The molecule has 102 valence electrons. The second-order valence-corrected chi connectivity index (χ2v) is 5.42. The van der Waals surface area contributed by atoms with Gasteiger partial charge in [0.2, 0.25) is 0 Å². The number of aryl methyl sites for hydroxylation is 1. The molecule has 0 aliphatic heterocycles. The van der Waals surface area contributed by atoms with Crippen LogP contribution >= 0.6 is 0 Å². The minimum absolute atomic E-state index is 0. The molecule has 0 heterocycles. The summed E-state index contributed by atoms with van der Waals surface area (Å²) in [5.74, 6) is 0. The first-order chi connectivity index (χ1) is 8.93. The molecule has 0 unspecified atom stereocenters. The predicted octanol–water partition coefficient (Wildman–Crippen LogP) is 3.15. The number of rotatable bonds is 11. The quantitative estimate of drug-likeness (QED) is 0.428. The van der Waals surface area contributed by atoms with Crippen molar-refractivity contribution in [3.8, 4) is 0 Å². The molecular formula is C18H30Na+. The molecule has 1 rings (SSSR count). The molecular weight excluding hydrogens is 239 g/mol. The molecule has 0 aromatic heterocycles. The van der Waals surface area contributed by atoms with Gasteiger partial charge >= 0.3 is 29.6 Å². The van der Waals surface area contributed by atoms with Crippen molar-refractivity contribution < 1.29 is 29.6 Å². The molecule has 0 amide bonds. The van der Waals surface area contributed by atoms with Crippen molar-refractivity contribution in [3.63, 3.8) is 0 Å². The van der Waals surface area contributed by atoms with Crippen LogP contribution in [0, 0.1) is 0 Å². The van der Waals surface area contributed by atoms with E-state index in [2.05, 4.69) is 37.3 Å². The largest absolute Gasteiger partial charge is 1.00 e. The molecule has 0 nitrogen and oxygen atoms in total. The average molecular weight is 269 g/mol. The van der Waals surface area contributed by atoms with Gasteiger partial charge in [0.15, 0.2) is 0 Å². The van der Waals surface area contributed by atoms with Crippen LogP contribution in [0.15, 0.2) is 30.3 Å². The molecule has 0 spiro atoms. The monoisotopic (exact) mass is 269 g/mol. The SMILES string of the molecule is CCCCCCCCCCCCc1ccccc1.[Na+]. The fraction of sp³-hybridized carbons (Fsp3) is 0.667. The Kier molecular flexibility index (Phi) is 14.8. The van der Waals surface area contributed by atoms with Gasteiger partial charge in [-0.05, 0) is 18.4 Å². The van der Waals surface area contributed by atoms with E-state index in [1.807, 2.05) is 0 Å². The molecule has 0 aliphatic rings. The van der Waals surface area contributed by atoms with Crippen molar-refractivity contribution in [2.75, 3.05) is 0 Å². The van der Waals surface area contributed by atoms with Crippen molar-refractivity contribution in [2.24, 2.45) is 0 Å². The first kappa shape index (κ1) is 19.2. The maximum Gasteiger partial charge on any atom is 1.00 e. The normalized spacial score (nSPS) is 10.2. The Bertz CT molecular complexity index is 268. The van der Waals surface area contributed by atoms with Gasteiger partial charge in [0.05, 0.1) is 0 Å². The molecule has 0 bridgehead atoms. The summed E-state index contributed by atoms with van der Waals surface area (Å²) in [6.07, 6.45) is 15.5. The molecule has 19 heavy (non-hydrogen) atoms. The molecule has 0 N–H and O–H groups in total. The summed E-state index contributed by atoms with van der Waals surface area (Å²) >= 11 is 0. The van der Waals surface area contributed by atoms with Crippen LogP contribution < -0.4 is 29.6 Å². The molecule has 0 radical (unpaired) electrons. The maximum atomic E-state index is 2.28. The molecule has 0 saturated carbocycles. The average Bonchev–Trinajstić information content (AvgIpc) is 2.42. The van der Waals surface area contributed by atoms with Crippen LogP contribution in [0.25, 0.3) is 0 Å². The Morgan fingerprint density at radius 3 is 1.63 bits per heavy atom. The van der Waals surface area contributed by atoms with Gasteiger partial charge in [-0.2, -0.15) is 0 Å². The molecule has 1 heteroatoms. The minimum atomic E-state index is 0. The van der Waals surface area contributed by atoms with Crippen molar-refractivity contribution >= 4 is 0 Å². The van der Waals surface area contributed by atoms with E-state index in [0.717, 1.165) is 0 Å². The van der Waals surface area contributed by atoms with E-state index in [-0.39, 0.29) is 29.6 Å². The van der Waals surface area contributed by atoms with E-state index >= 15 is 0 Å². The zero-order valence-corrected chi connectivity index (χ0v) is 15.2. The van der Waals surface area contributed by atoms with Gasteiger partial charge in [-0.15, -0.1) is 0 Å². The molecule has 0 aliphatic carbocycles. The van der Waals surface area contributed by atoms with E-state index in [9.17, 15) is 0 Å². The van der Waals surface area contributed by atoms with E-state index in [0.29, 0.717) is 0 Å². The van der Waals surface area contributed by atoms with Crippen LogP contribution in [0.3, 0.4) is 0 Å². The zero-order chi connectivity index (χ0) is 12.9. The van der Waals surface area contributed by atoms with Crippen LogP contribution in [0.5, 0.6) is 0 Å². The summed E-state index contributed by atoms with van der Waals surface area (Å²) < 4.78 is 0. The van der Waals surface area contributed by atoms with Crippen LogP contribution in [0.1, 0.15) is 76.7 Å². The minimum Gasteiger partial charge on any atom is -0.0654 e. The molecule has 0 atom stereocenters. The summed E-state index contributed by atoms with van der Waals surface area (Å²) in [5, 5.41) is 0. The smallest absolute Gasteiger partial charge is 0.0654 e. The van der Waals surface area contributed by atoms with Crippen molar-refractivity contribution in [3.05, 3.63) is 35.9 Å². The first-order valence-corrected chi connectivity index (χ1v) is 7.97. The summed E-state index contributed by atoms with van der Waals surface area (Å²) in [6.45, 7) is 2.28. The number of benzene rings is 1. The fourth-order valence-corrected chi connectivity index (χ4v) is 2.46. The maximum absolute atomic E-state index is 2.28. The Morgan fingerprint density at radius 1 is 0.632 bits per heavy atom. The van der Waals surface area contributed by atoms with Gasteiger partial charge in [0.1, 0.15) is 0 Å². The third-order valence-corrected chi connectivity index (χ3v) is 3.66. The summed E-state index contributed by atoms with van der Waals surface area (Å²) in [5.41, 5.74) is 1.50. The topological polar surface area (TPSA) is 0 Å². The van der Waals surface area contributed by atoms with Crippen LogP contribution in [-0.2, 0) is 6.42 Å². The molecule has 0 saturated heterocycles. The Morgan fingerprint density at radius 2 is 1.11 bits per heavy atom. The summed E-state index contributed by atoms with van der Waals surface area (Å²) in [7, 11) is 0. The van der Waals surface area contributed by atoms with Gasteiger partial charge in [0.25, 0.3) is 0 Å². The van der Waals surface area contributed by atoms with Crippen molar-refractivity contribution in [1.29, 1.82) is 0 Å². The van der Waals surface area contributed by atoms with E-state index in [1.165, 1.54) is 76.2 Å². The number of hydrogen-bond acceptors (Lipinski definition) is 0. The second kappa shape index (κ2) is 14.6. The fourth-order valence-electron chi connectivity index (χ4n) is 2.46. The van der Waals surface area contributed by atoms with E-state index in [1.54, 1.807) is 0 Å². The standard InChI is InChI=1S/C18H30.Na/c1-2-3-4-5-6-7-8-9-10-12-15-18-16-13-11-14-17-18;/h11,13-14,16-17H,2-10,12,15H2,1H3;/q;+1. The summed E-state index contributed by atoms with van der Waals surface area (Å²) in [6, 6.07) is 10.9. The molecule has 0 fully saturated rings. The zero-order valence-electron chi connectivity index (χ0n) is 13.2. The van der Waals surface area contributed by atoms with E-state index < -0.39 is 0 Å². The third-order valence-electron chi connectivity index (χ3n) is 3.66. The Labute approximate surface area is 142 Å².